The Bertz CT molecular complexity index is 486. The molecule has 0 radical (unpaired) electrons. The lowest BCUT2D eigenvalue weighted by molar-refractivity contribution is 0.608. The van der Waals surface area contributed by atoms with Crippen molar-refractivity contribution in [2.45, 2.75) is 25.3 Å². The number of hydrogen-bond acceptors (Lipinski definition) is 3. The van der Waals surface area contributed by atoms with Gasteiger partial charge in [0.1, 0.15) is 0 Å². The van der Waals surface area contributed by atoms with Gasteiger partial charge in [-0.25, -0.2) is 4.98 Å². The number of aryl methyl sites for hydroxylation is 2. The molecule has 0 aliphatic carbocycles. The zero-order chi connectivity index (χ0) is 12.2. The molecule has 1 fully saturated rings. The predicted molar refractivity (Wildman–Crippen MR) is 70.4 cm³/mol. The van der Waals surface area contributed by atoms with Crippen LogP contribution in [0.1, 0.15) is 23.7 Å². The first-order valence-electron chi connectivity index (χ1n) is 6.54. The van der Waals surface area contributed by atoms with Crippen LogP contribution in [0.3, 0.4) is 0 Å². The molecule has 2 aromatic heterocycles. The number of aromatic nitrogens is 3. The fourth-order valence-corrected chi connectivity index (χ4v) is 2.55. The molecule has 0 saturated carbocycles. The highest BCUT2D eigenvalue weighted by Gasteiger charge is 2.19. The summed E-state index contributed by atoms with van der Waals surface area (Å²) in [6.45, 7) is 3.16. The smallest absolute Gasteiger partial charge is 0.0948 e. The molecule has 3 heterocycles. The molecule has 1 atom stereocenters. The predicted octanol–water partition coefficient (Wildman–Crippen LogP) is 1.60. The second-order valence-corrected chi connectivity index (χ2v) is 4.77. The van der Waals surface area contributed by atoms with Crippen LogP contribution in [0.15, 0.2) is 36.9 Å². The largest absolute Gasteiger partial charge is 0.334 e. The average molecular weight is 242 g/mol. The lowest BCUT2D eigenvalue weighted by Crippen LogP contribution is -2.12. The highest BCUT2D eigenvalue weighted by atomic mass is 15.1. The van der Waals surface area contributed by atoms with Crippen molar-refractivity contribution in [2.75, 3.05) is 13.1 Å². The number of pyridine rings is 1. The molecular formula is C14H18N4. The molecule has 2 aromatic rings. The van der Waals surface area contributed by atoms with E-state index in [1.165, 1.54) is 12.1 Å². The van der Waals surface area contributed by atoms with Gasteiger partial charge in [0.2, 0.25) is 0 Å². The standard InChI is InChI=1S/C14H18N4/c1-2-6-17-13(3-1)5-8-18-11-16-10-14(18)12-4-7-15-9-12/h1-3,6,10-12,15H,4-5,7-9H2. The summed E-state index contributed by atoms with van der Waals surface area (Å²) in [4.78, 5) is 8.65. The minimum atomic E-state index is 0.622. The van der Waals surface area contributed by atoms with E-state index in [0.29, 0.717) is 5.92 Å². The van der Waals surface area contributed by atoms with Gasteiger partial charge in [0.15, 0.2) is 0 Å². The molecule has 18 heavy (non-hydrogen) atoms. The highest BCUT2D eigenvalue weighted by molar-refractivity contribution is 5.10. The Morgan fingerprint density at radius 2 is 2.39 bits per heavy atom. The molecule has 4 heteroatoms. The summed E-state index contributed by atoms with van der Waals surface area (Å²) in [6.07, 6.45) is 7.98. The lowest BCUT2D eigenvalue weighted by Gasteiger charge is -2.12. The Labute approximate surface area is 107 Å². The molecule has 0 aromatic carbocycles. The first kappa shape index (κ1) is 11.4. The van der Waals surface area contributed by atoms with Crippen molar-refractivity contribution in [3.63, 3.8) is 0 Å². The summed E-state index contributed by atoms with van der Waals surface area (Å²) in [5.74, 6) is 0.622. The topological polar surface area (TPSA) is 42.7 Å². The SMILES string of the molecule is c1ccc(CCn2cncc2C2CCNC2)nc1. The third kappa shape index (κ3) is 2.43. The minimum Gasteiger partial charge on any atom is -0.334 e. The van der Waals surface area contributed by atoms with Crippen LogP contribution in [0.4, 0.5) is 0 Å². The number of nitrogens with zero attached hydrogens (tertiary/aromatic N) is 3. The molecule has 1 N–H and O–H groups in total. The van der Waals surface area contributed by atoms with E-state index >= 15 is 0 Å². The van der Waals surface area contributed by atoms with Crippen LogP contribution in [0.5, 0.6) is 0 Å². The van der Waals surface area contributed by atoms with Crippen LogP contribution in [-0.2, 0) is 13.0 Å². The van der Waals surface area contributed by atoms with Gasteiger partial charge in [-0.05, 0) is 25.1 Å². The summed E-state index contributed by atoms with van der Waals surface area (Å²) in [6, 6.07) is 6.07. The first-order chi connectivity index (χ1) is 8.93. The van der Waals surface area contributed by atoms with Gasteiger partial charge in [-0.15, -0.1) is 0 Å². The zero-order valence-electron chi connectivity index (χ0n) is 10.4. The Balaban J connectivity index is 1.68. The van der Waals surface area contributed by atoms with E-state index in [1.54, 1.807) is 0 Å². The number of rotatable bonds is 4. The third-order valence-corrected chi connectivity index (χ3v) is 3.56. The number of imidazole rings is 1. The number of hydrogen-bond donors (Lipinski definition) is 1. The molecule has 1 unspecified atom stereocenters. The van der Waals surface area contributed by atoms with E-state index < -0.39 is 0 Å². The van der Waals surface area contributed by atoms with Crippen LogP contribution in [-0.4, -0.2) is 27.6 Å². The monoisotopic (exact) mass is 242 g/mol. The second kappa shape index (κ2) is 5.31. The van der Waals surface area contributed by atoms with Crippen molar-refractivity contribution >= 4 is 0 Å². The Kier molecular flexibility index (Phi) is 3.37. The van der Waals surface area contributed by atoms with Gasteiger partial charge in [0, 0.05) is 49.2 Å². The number of nitrogens with one attached hydrogen (secondary N) is 1. The molecule has 4 nitrogen and oxygen atoms in total. The van der Waals surface area contributed by atoms with Crippen molar-refractivity contribution in [2.24, 2.45) is 0 Å². The van der Waals surface area contributed by atoms with Crippen LogP contribution >= 0.6 is 0 Å². The summed E-state index contributed by atoms with van der Waals surface area (Å²) in [5.41, 5.74) is 2.50. The van der Waals surface area contributed by atoms with Gasteiger partial charge in [0.05, 0.1) is 6.33 Å². The molecule has 1 aliphatic heterocycles. The Morgan fingerprint density at radius 1 is 1.39 bits per heavy atom. The highest BCUT2D eigenvalue weighted by Crippen LogP contribution is 2.21. The molecule has 0 spiro atoms. The van der Waals surface area contributed by atoms with E-state index in [-0.39, 0.29) is 0 Å². The third-order valence-electron chi connectivity index (χ3n) is 3.56. The maximum atomic E-state index is 4.36. The maximum absolute atomic E-state index is 4.36. The van der Waals surface area contributed by atoms with Crippen molar-refractivity contribution in [3.8, 4) is 0 Å². The molecule has 0 amide bonds. The van der Waals surface area contributed by atoms with Crippen molar-refractivity contribution in [1.29, 1.82) is 0 Å². The van der Waals surface area contributed by atoms with Gasteiger partial charge < -0.3 is 9.88 Å². The van der Waals surface area contributed by atoms with Crippen molar-refractivity contribution in [3.05, 3.63) is 48.3 Å². The zero-order valence-corrected chi connectivity index (χ0v) is 10.4. The lowest BCUT2D eigenvalue weighted by atomic mass is 10.1. The average Bonchev–Trinajstić information content (AvgIpc) is 3.08. The van der Waals surface area contributed by atoms with E-state index in [4.69, 9.17) is 0 Å². The van der Waals surface area contributed by atoms with Crippen molar-refractivity contribution < 1.29 is 0 Å². The van der Waals surface area contributed by atoms with Gasteiger partial charge in [-0.3, -0.25) is 4.98 Å². The van der Waals surface area contributed by atoms with E-state index in [2.05, 4.69) is 25.9 Å². The summed E-state index contributed by atoms with van der Waals surface area (Å²) >= 11 is 0. The Morgan fingerprint density at radius 3 is 3.17 bits per heavy atom. The maximum Gasteiger partial charge on any atom is 0.0948 e. The molecule has 3 rings (SSSR count). The Hall–Kier alpha value is -1.68. The minimum absolute atomic E-state index is 0.622. The van der Waals surface area contributed by atoms with E-state index in [0.717, 1.165) is 31.7 Å². The van der Waals surface area contributed by atoms with Crippen LogP contribution < -0.4 is 5.32 Å². The molecular weight excluding hydrogens is 224 g/mol. The molecule has 0 bridgehead atoms. The van der Waals surface area contributed by atoms with E-state index in [9.17, 15) is 0 Å². The van der Waals surface area contributed by atoms with E-state index in [1.807, 2.05) is 30.9 Å². The van der Waals surface area contributed by atoms with Gasteiger partial charge >= 0.3 is 0 Å². The normalized spacial score (nSPS) is 19.2. The molecule has 1 aliphatic rings. The van der Waals surface area contributed by atoms with Gasteiger partial charge in [-0.2, -0.15) is 0 Å². The van der Waals surface area contributed by atoms with Crippen LogP contribution in [0.2, 0.25) is 0 Å². The summed E-state index contributed by atoms with van der Waals surface area (Å²) in [5, 5.41) is 3.41. The van der Waals surface area contributed by atoms with Crippen LogP contribution in [0, 0.1) is 0 Å². The first-order valence-corrected chi connectivity index (χ1v) is 6.54. The van der Waals surface area contributed by atoms with Gasteiger partial charge in [-0.1, -0.05) is 6.07 Å². The summed E-state index contributed by atoms with van der Waals surface area (Å²) < 4.78 is 2.27. The summed E-state index contributed by atoms with van der Waals surface area (Å²) in [7, 11) is 0. The quantitative estimate of drug-likeness (QED) is 0.885. The fraction of sp³-hybridized carbons (Fsp3) is 0.429. The van der Waals surface area contributed by atoms with Gasteiger partial charge in [0.25, 0.3) is 0 Å². The van der Waals surface area contributed by atoms with Crippen LogP contribution in [0.25, 0.3) is 0 Å². The molecule has 94 valence electrons. The van der Waals surface area contributed by atoms with Crippen molar-refractivity contribution in [1.82, 2.24) is 19.9 Å². The fourth-order valence-electron chi connectivity index (χ4n) is 2.55. The molecule has 1 saturated heterocycles. The second-order valence-electron chi connectivity index (χ2n) is 4.77.